The summed E-state index contributed by atoms with van der Waals surface area (Å²) in [5, 5.41) is 1.57. The normalized spacial score (nSPS) is 16.5. The number of hydrogen-bond donors (Lipinski definition) is 1. The van der Waals surface area contributed by atoms with Gasteiger partial charge in [0.15, 0.2) is 21.3 Å². The van der Waals surface area contributed by atoms with Crippen LogP contribution in [0.1, 0.15) is 38.2 Å². The van der Waals surface area contributed by atoms with Gasteiger partial charge in [-0.2, -0.15) is 8.78 Å². The Labute approximate surface area is 151 Å². The monoisotopic (exact) mass is 391 g/mol. The Morgan fingerprint density at radius 3 is 2.50 bits per heavy atom. The zero-order valence-electron chi connectivity index (χ0n) is 14.7. The molecule has 1 aliphatic rings. The Morgan fingerprint density at radius 1 is 1.27 bits per heavy atom. The first-order chi connectivity index (χ1) is 12.2. The number of halogens is 2. The minimum atomic E-state index is -3.77. The van der Waals surface area contributed by atoms with E-state index < -0.39 is 33.4 Å². The van der Waals surface area contributed by atoms with Gasteiger partial charge in [-0.3, -0.25) is 4.79 Å². The van der Waals surface area contributed by atoms with Gasteiger partial charge in [0.1, 0.15) is 5.25 Å². The number of sulfone groups is 1. The lowest BCUT2D eigenvalue weighted by molar-refractivity contribution is -0.121. The van der Waals surface area contributed by atoms with Crippen molar-refractivity contribution in [3.63, 3.8) is 0 Å². The first kappa shape index (κ1) is 20.4. The summed E-state index contributed by atoms with van der Waals surface area (Å²) < 4.78 is 59.0. The molecule has 0 saturated heterocycles. The summed E-state index contributed by atoms with van der Waals surface area (Å²) >= 11 is 0. The van der Waals surface area contributed by atoms with Crippen molar-refractivity contribution in [1.82, 2.24) is 5.32 Å². The molecule has 1 aromatic rings. The highest BCUT2D eigenvalue weighted by molar-refractivity contribution is 7.92. The minimum Gasteiger partial charge on any atom is -0.493 e. The van der Waals surface area contributed by atoms with Crippen molar-refractivity contribution in [2.45, 2.75) is 56.3 Å². The predicted octanol–water partition coefficient (Wildman–Crippen LogP) is 2.66. The molecule has 146 valence electrons. The Bertz CT molecular complexity index is 733. The maximum absolute atomic E-state index is 12.5. The molecule has 6 nitrogen and oxygen atoms in total. The fourth-order valence-corrected chi connectivity index (χ4v) is 4.19. The van der Waals surface area contributed by atoms with Crippen molar-refractivity contribution in [2.24, 2.45) is 0 Å². The van der Waals surface area contributed by atoms with Crippen LogP contribution in [0.3, 0.4) is 0 Å². The molecule has 0 bridgehead atoms. The molecular formula is C17H23F2NO5S. The Kier molecular flexibility index (Phi) is 6.80. The molecule has 1 N–H and O–H groups in total. The highest BCUT2D eigenvalue weighted by Crippen LogP contribution is 2.30. The number of benzene rings is 1. The van der Waals surface area contributed by atoms with Crippen LogP contribution in [0, 0.1) is 0 Å². The fourth-order valence-electron chi connectivity index (χ4n) is 2.90. The van der Waals surface area contributed by atoms with E-state index in [1.165, 1.54) is 32.2 Å². The summed E-state index contributed by atoms with van der Waals surface area (Å²) in [6, 6.07) is 3.93. The molecule has 2 rings (SSSR count). The molecule has 0 unspecified atom stereocenters. The van der Waals surface area contributed by atoms with Crippen LogP contribution in [0.15, 0.2) is 18.2 Å². The van der Waals surface area contributed by atoms with E-state index in [4.69, 9.17) is 4.74 Å². The van der Waals surface area contributed by atoms with Crippen molar-refractivity contribution in [2.75, 3.05) is 7.11 Å². The topological polar surface area (TPSA) is 81.7 Å². The van der Waals surface area contributed by atoms with E-state index in [0.717, 1.165) is 25.7 Å². The second-order valence-electron chi connectivity index (χ2n) is 6.30. The number of ether oxygens (including phenoxy) is 2. The summed E-state index contributed by atoms with van der Waals surface area (Å²) in [6.07, 6.45) is 3.78. The van der Waals surface area contributed by atoms with Crippen LogP contribution in [0.5, 0.6) is 11.5 Å². The van der Waals surface area contributed by atoms with Gasteiger partial charge >= 0.3 is 6.61 Å². The molecule has 1 saturated carbocycles. The van der Waals surface area contributed by atoms with Gasteiger partial charge in [-0.15, -0.1) is 0 Å². The van der Waals surface area contributed by atoms with Crippen molar-refractivity contribution in [1.29, 1.82) is 0 Å². The molecule has 1 atom stereocenters. The zero-order valence-corrected chi connectivity index (χ0v) is 15.5. The largest absolute Gasteiger partial charge is 0.493 e. The molecule has 1 aromatic carbocycles. The Balaban J connectivity index is 2.08. The van der Waals surface area contributed by atoms with Crippen molar-refractivity contribution in [3.8, 4) is 11.5 Å². The number of carbonyl (C=O) groups is 1. The highest BCUT2D eigenvalue weighted by Gasteiger charge is 2.30. The maximum atomic E-state index is 12.5. The average Bonchev–Trinajstić information content (AvgIpc) is 3.07. The van der Waals surface area contributed by atoms with Gasteiger partial charge in [0, 0.05) is 6.04 Å². The van der Waals surface area contributed by atoms with Crippen LogP contribution in [0.4, 0.5) is 8.78 Å². The van der Waals surface area contributed by atoms with E-state index >= 15 is 0 Å². The highest BCUT2D eigenvalue weighted by atomic mass is 32.2. The van der Waals surface area contributed by atoms with Gasteiger partial charge in [-0.25, -0.2) is 8.42 Å². The van der Waals surface area contributed by atoms with E-state index in [1.807, 2.05) is 0 Å². The van der Waals surface area contributed by atoms with Gasteiger partial charge in [-0.1, -0.05) is 18.9 Å². The summed E-state index contributed by atoms with van der Waals surface area (Å²) in [6.45, 7) is -1.66. The molecule has 1 aliphatic carbocycles. The fraction of sp³-hybridized carbons (Fsp3) is 0.588. The lowest BCUT2D eigenvalue weighted by Gasteiger charge is -2.17. The molecule has 0 aromatic heterocycles. The number of carbonyl (C=O) groups excluding carboxylic acids is 1. The molecular weight excluding hydrogens is 368 g/mol. The SMILES string of the molecule is COc1cc(CS(=O)(=O)[C@@H](C)C(=O)NC2CCCC2)ccc1OC(F)F. The molecule has 0 heterocycles. The quantitative estimate of drug-likeness (QED) is 0.737. The van der Waals surface area contributed by atoms with Crippen LogP contribution < -0.4 is 14.8 Å². The average molecular weight is 391 g/mol. The Hall–Kier alpha value is -1.90. The zero-order chi connectivity index (χ0) is 19.3. The molecule has 1 amide bonds. The smallest absolute Gasteiger partial charge is 0.387 e. The molecule has 0 radical (unpaired) electrons. The minimum absolute atomic E-state index is 0.000982. The van der Waals surface area contributed by atoms with Crippen molar-refractivity contribution in [3.05, 3.63) is 23.8 Å². The van der Waals surface area contributed by atoms with E-state index in [2.05, 4.69) is 10.1 Å². The van der Waals surface area contributed by atoms with Crippen LogP contribution in [0.2, 0.25) is 0 Å². The van der Waals surface area contributed by atoms with Crippen LogP contribution >= 0.6 is 0 Å². The third-order valence-corrected chi connectivity index (χ3v) is 6.45. The Morgan fingerprint density at radius 2 is 1.92 bits per heavy atom. The number of rotatable bonds is 8. The summed E-state index contributed by atoms with van der Waals surface area (Å²) in [4.78, 5) is 12.2. The van der Waals surface area contributed by atoms with Gasteiger partial charge in [-0.05, 0) is 37.5 Å². The van der Waals surface area contributed by atoms with Gasteiger partial charge in [0.25, 0.3) is 0 Å². The van der Waals surface area contributed by atoms with Crippen LogP contribution in [-0.2, 0) is 20.4 Å². The molecule has 26 heavy (non-hydrogen) atoms. The second kappa shape index (κ2) is 8.66. The third-order valence-electron chi connectivity index (χ3n) is 4.42. The molecule has 0 aliphatic heterocycles. The van der Waals surface area contributed by atoms with Crippen molar-refractivity contribution >= 4 is 15.7 Å². The van der Waals surface area contributed by atoms with Crippen LogP contribution in [-0.4, -0.2) is 39.3 Å². The second-order valence-corrected chi connectivity index (χ2v) is 8.62. The number of hydrogen-bond acceptors (Lipinski definition) is 5. The van der Waals surface area contributed by atoms with Gasteiger partial charge in [0.2, 0.25) is 5.91 Å². The first-order valence-electron chi connectivity index (χ1n) is 8.36. The number of alkyl halides is 2. The third kappa shape index (κ3) is 5.30. The standard InChI is InChI=1S/C17H23F2NO5S/c1-11(16(21)20-13-5-3-4-6-13)26(22,23)10-12-7-8-14(25-17(18)19)15(9-12)24-2/h7-9,11,13,17H,3-6,10H2,1-2H3,(H,20,21)/t11-/m0/s1. The van der Waals surface area contributed by atoms with Gasteiger partial charge < -0.3 is 14.8 Å². The maximum Gasteiger partial charge on any atom is 0.387 e. The lowest BCUT2D eigenvalue weighted by atomic mass is 10.2. The molecule has 9 heteroatoms. The number of amides is 1. The van der Waals surface area contributed by atoms with Crippen LogP contribution in [0.25, 0.3) is 0 Å². The van der Waals surface area contributed by atoms with Gasteiger partial charge in [0.05, 0.1) is 12.9 Å². The van der Waals surface area contributed by atoms with E-state index in [9.17, 15) is 22.0 Å². The number of methoxy groups -OCH3 is 1. The van der Waals surface area contributed by atoms with E-state index in [0.29, 0.717) is 5.56 Å². The first-order valence-corrected chi connectivity index (χ1v) is 10.1. The summed E-state index contributed by atoms with van der Waals surface area (Å²) in [5.74, 6) is -1.10. The summed E-state index contributed by atoms with van der Waals surface area (Å²) in [5.41, 5.74) is 0.323. The lowest BCUT2D eigenvalue weighted by Crippen LogP contribution is -2.42. The molecule has 1 fully saturated rings. The van der Waals surface area contributed by atoms with E-state index in [-0.39, 0.29) is 17.5 Å². The predicted molar refractivity (Wildman–Crippen MR) is 92.1 cm³/mol. The number of nitrogens with one attached hydrogen (secondary N) is 1. The van der Waals surface area contributed by atoms with Crippen molar-refractivity contribution < 1.29 is 31.5 Å². The molecule has 0 spiro atoms. The summed E-state index contributed by atoms with van der Waals surface area (Å²) in [7, 11) is -2.50. The van der Waals surface area contributed by atoms with E-state index in [1.54, 1.807) is 0 Å².